The molecule has 0 aliphatic carbocycles. The van der Waals surface area contributed by atoms with E-state index < -0.39 is 48.3 Å². The molecule has 0 spiro atoms. The number of nitrogens with zero attached hydrogens (tertiary/aromatic N) is 7. The zero-order valence-electron chi connectivity index (χ0n) is 44.1. The van der Waals surface area contributed by atoms with Crippen molar-refractivity contribution in [3.63, 3.8) is 0 Å². The molecule has 0 N–H and O–H groups in total. The molecular weight excluding hydrogens is 867 g/mol. The van der Waals surface area contributed by atoms with E-state index in [0.717, 1.165) is 60.6 Å². The zero-order valence-corrected chi connectivity index (χ0v) is 38.9. The average Bonchev–Trinajstić information content (AvgIpc) is 4.23. The van der Waals surface area contributed by atoms with Crippen LogP contribution in [-0.4, -0.2) is 65.7 Å². The summed E-state index contributed by atoms with van der Waals surface area (Å²) in [5.74, 6) is 1.02. The van der Waals surface area contributed by atoms with Gasteiger partial charge in [-0.15, -0.1) is 0 Å². The fraction of sp³-hybridized carbons (Fsp3) is 0.113. The van der Waals surface area contributed by atoms with E-state index >= 15 is 0 Å². The second kappa shape index (κ2) is 14.9. The summed E-state index contributed by atoms with van der Waals surface area (Å²) in [6.07, 6.45) is 1.50. The third kappa shape index (κ3) is 5.48. The number of fused-ring (bicyclic) bond motifs is 7. The van der Waals surface area contributed by atoms with Crippen LogP contribution in [0.5, 0.6) is 11.5 Å². The van der Waals surface area contributed by atoms with Crippen LogP contribution in [0.25, 0.3) is 33.5 Å². The van der Waals surface area contributed by atoms with Gasteiger partial charge < -0.3 is 4.74 Å². The van der Waals surface area contributed by atoms with Gasteiger partial charge in [0.15, 0.2) is 8.07 Å². The molecule has 0 fully saturated rings. The number of aliphatic imine (C=N–C) groups is 2. The molecule has 3 aromatic heterocycles. The Morgan fingerprint density at radius 2 is 1.32 bits per heavy atom. The highest BCUT2D eigenvalue weighted by Crippen LogP contribution is 2.57. The fourth-order valence-corrected chi connectivity index (χ4v) is 24.8. The molecule has 316 valence electrons. The highest BCUT2D eigenvalue weighted by Gasteiger charge is 2.67. The van der Waals surface area contributed by atoms with Crippen LogP contribution in [0.4, 0.5) is 0 Å². The maximum absolute atomic E-state index is 9.87. The first-order chi connectivity index (χ1) is 35.5. The van der Waals surface area contributed by atoms with Crippen molar-refractivity contribution in [2.24, 2.45) is 9.98 Å². The second-order valence-corrected chi connectivity index (χ2v) is 27.7. The third-order valence-electron chi connectivity index (χ3n) is 13.4. The van der Waals surface area contributed by atoms with Crippen LogP contribution in [-0.2, 0) is 4.66 Å². The summed E-state index contributed by atoms with van der Waals surface area (Å²) in [6, 6.07) is 57.1. The van der Waals surface area contributed by atoms with Gasteiger partial charge in [-0.1, -0.05) is 159 Å². The Morgan fingerprint density at radius 1 is 0.662 bits per heavy atom. The van der Waals surface area contributed by atoms with Crippen LogP contribution in [0.3, 0.4) is 0 Å². The first-order valence-electron chi connectivity index (χ1n) is 25.9. The van der Waals surface area contributed by atoms with E-state index in [0.29, 0.717) is 5.19 Å². The van der Waals surface area contributed by atoms with Crippen molar-refractivity contribution in [2.45, 2.75) is 30.6 Å². The molecule has 8 nitrogen and oxygen atoms in total. The lowest BCUT2D eigenvalue weighted by molar-refractivity contribution is 0.453. The molecule has 12 rings (SSSR count). The lowest BCUT2D eigenvalue weighted by atomic mass is 9.98. The van der Waals surface area contributed by atoms with E-state index in [1.807, 2.05) is 78.9 Å². The molecule has 2 aliphatic rings. The second-order valence-electron chi connectivity index (χ2n) is 16.7. The van der Waals surface area contributed by atoms with E-state index in [4.69, 9.17) is 19.7 Å². The molecule has 0 saturated heterocycles. The molecule has 7 aromatic carbocycles. The van der Waals surface area contributed by atoms with Crippen molar-refractivity contribution in [2.75, 3.05) is 6.54 Å². The van der Waals surface area contributed by atoms with Crippen molar-refractivity contribution < 1.29 is 17.1 Å². The predicted molar refractivity (Wildman–Crippen MR) is 276 cm³/mol. The van der Waals surface area contributed by atoms with Gasteiger partial charge in [-0.25, -0.2) is 15.0 Å². The van der Waals surface area contributed by atoms with Crippen LogP contribution >= 0.6 is 11.5 Å². The van der Waals surface area contributed by atoms with Gasteiger partial charge in [-0.05, 0) is 74.7 Å². The Labute approximate surface area is 397 Å². The predicted octanol–water partition coefficient (Wildman–Crippen LogP) is 8.48. The van der Waals surface area contributed by atoms with Crippen LogP contribution in [0.15, 0.2) is 191 Å². The Bertz CT molecular complexity index is 3830. The summed E-state index contributed by atoms with van der Waals surface area (Å²) in [7, 11) is -14.6. The number of para-hydroxylation sites is 6. The van der Waals surface area contributed by atoms with Gasteiger partial charge in [-0.2, -0.15) is 4.37 Å². The Kier molecular flexibility index (Phi) is 7.11. The molecule has 0 amide bonds. The smallest absolute Gasteiger partial charge is 0.220 e. The normalized spacial score (nSPS) is 19.5. The summed E-state index contributed by atoms with van der Waals surface area (Å²) in [5, 5.41) is 3.39. The Hall–Kier alpha value is -6.84. The molecule has 0 saturated carbocycles. The largest absolute Gasteiger partial charge is 0.457 e. The van der Waals surface area contributed by atoms with Gasteiger partial charge in [0.25, 0.3) is 0 Å². The third-order valence-corrected chi connectivity index (χ3v) is 27.2. The van der Waals surface area contributed by atoms with Gasteiger partial charge in [0.05, 0.1) is 34.1 Å². The van der Waals surface area contributed by atoms with Gasteiger partial charge in [0.2, 0.25) is 5.78 Å². The van der Waals surface area contributed by atoms with Crippen molar-refractivity contribution in [1.29, 1.82) is 0 Å². The zero-order chi connectivity index (χ0) is 51.5. The Morgan fingerprint density at radius 3 is 2.05 bits per heavy atom. The molecule has 2 unspecified atom stereocenters. The van der Waals surface area contributed by atoms with Crippen molar-refractivity contribution in [3.05, 3.63) is 193 Å². The van der Waals surface area contributed by atoms with E-state index in [1.165, 1.54) is 11.7 Å². The summed E-state index contributed by atoms with van der Waals surface area (Å²) < 4.78 is 103. The lowest BCUT2D eigenvalue weighted by Gasteiger charge is -2.55. The minimum atomic E-state index is -5.76. The first kappa shape index (κ1) is 31.1. The van der Waals surface area contributed by atoms with Crippen LogP contribution in [0.2, 0.25) is 26.0 Å². The molecular formula is C53H45N7OSSi3. The highest BCUT2D eigenvalue weighted by molar-refractivity contribution is 7.21. The molecule has 2 atom stereocenters. The molecule has 10 aromatic rings. The molecule has 0 radical (unpaired) electrons. The number of rotatable bonds is 9. The average molecular weight is 921 g/mol. The number of hydrogen-bond donors (Lipinski definition) is 0. The number of ether oxygens (including phenoxy) is 1. The highest BCUT2D eigenvalue weighted by atomic mass is 32.1. The first-order valence-corrected chi connectivity index (χ1v) is 28.7. The van der Waals surface area contributed by atoms with Gasteiger partial charge in [-0.3, -0.25) is 14.0 Å². The van der Waals surface area contributed by atoms with Gasteiger partial charge in [0, 0.05) is 40.0 Å². The van der Waals surface area contributed by atoms with Crippen LogP contribution < -0.4 is 30.9 Å². The maximum Gasteiger partial charge on any atom is 0.220 e. The fourth-order valence-electron chi connectivity index (χ4n) is 10.8. The Balaban J connectivity index is 1.28. The SMILES string of the molecule is [2H]C([2H])([2H])[Si](C)(C1=NCC=N1)C1([Si](c2ncsn2)(C([2H])([2H])[2H])C([2H])([2H])[2H])c2ccccc2Oc2c1cccc2[Si](c1ccccc1)(c1ccccc1)c1cccc(-n2c3ccccc3n3c4ccccc4nc23)c1. The standard InChI is InChI=1S/C53H45N7OSSi3/c1-63(2,50-54-33-34-55-50)53(64(3,4)51-56-36-62-58-51)41-25-11-16-31-47(41)61-49-42(53)26-18-32-48(49)65(38-20-7-5-8-21-38,39-22-9-6-10-23-39)40-24-17-19-37(35-40)59-45-29-14-15-30-46(45)60-44-28-13-12-27-43(44)57-52(59)60/h5-33,35-36H,34H2,1-4H3/i1D3,3D3,4D3. The number of benzene rings is 7. The topological polar surface area (TPSA) is 82.0 Å². The van der Waals surface area contributed by atoms with E-state index in [2.05, 4.69) is 79.0 Å². The van der Waals surface area contributed by atoms with Crippen molar-refractivity contribution >= 4 is 101 Å². The minimum absolute atomic E-state index is 0.0340. The minimum Gasteiger partial charge on any atom is -0.457 e. The number of hydrogen-bond acceptors (Lipinski definition) is 7. The van der Waals surface area contributed by atoms with Gasteiger partial charge >= 0.3 is 0 Å². The van der Waals surface area contributed by atoms with Crippen LogP contribution in [0.1, 0.15) is 23.5 Å². The molecule has 2 aliphatic heterocycles. The molecule has 5 heterocycles. The molecule has 0 bridgehead atoms. The van der Waals surface area contributed by atoms with Crippen LogP contribution in [0, 0.1) is 0 Å². The molecule has 12 heteroatoms. The van der Waals surface area contributed by atoms with Gasteiger partial charge in [0.1, 0.15) is 38.6 Å². The van der Waals surface area contributed by atoms with Crippen molar-refractivity contribution in [3.8, 4) is 17.2 Å². The lowest BCUT2D eigenvalue weighted by Crippen LogP contribution is -2.77. The van der Waals surface area contributed by atoms with E-state index in [-0.39, 0.29) is 40.1 Å². The van der Waals surface area contributed by atoms with E-state index in [9.17, 15) is 12.3 Å². The molecule has 65 heavy (non-hydrogen) atoms. The number of imidazole rings is 2. The summed E-state index contributed by atoms with van der Waals surface area (Å²) in [4.78, 5) is 19.3. The summed E-state index contributed by atoms with van der Waals surface area (Å²) in [5.41, 5.74) is 5.66. The summed E-state index contributed by atoms with van der Waals surface area (Å²) >= 11 is 0.832. The van der Waals surface area contributed by atoms with Crippen molar-refractivity contribution in [1.82, 2.24) is 23.3 Å². The number of aromatic nitrogens is 5. The maximum atomic E-state index is 9.87. The van der Waals surface area contributed by atoms with E-state index in [1.54, 1.807) is 42.9 Å². The monoisotopic (exact) mass is 920 g/mol. The summed E-state index contributed by atoms with van der Waals surface area (Å²) in [6.45, 7) is -8.23. The number of amidine groups is 1. The quantitative estimate of drug-likeness (QED) is 0.108.